The molecule has 2 aromatic heterocycles. The normalized spacial score (nSPS) is 12.5. The van der Waals surface area contributed by atoms with E-state index in [9.17, 15) is 8.78 Å². The summed E-state index contributed by atoms with van der Waals surface area (Å²) in [6.45, 7) is -0.492. The fourth-order valence-electron chi connectivity index (χ4n) is 2.54. The molecule has 6 nitrogen and oxygen atoms in total. The summed E-state index contributed by atoms with van der Waals surface area (Å²) < 4.78 is 36.4. The summed E-state index contributed by atoms with van der Waals surface area (Å²) in [5.41, 5.74) is 1.56. The molecule has 3 aromatic rings. The minimum absolute atomic E-state index is 0.0115. The predicted molar refractivity (Wildman–Crippen MR) is 87.9 cm³/mol. The lowest BCUT2D eigenvalue weighted by molar-refractivity contribution is -0.0512. The van der Waals surface area contributed by atoms with Crippen molar-refractivity contribution in [1.29, 1.82) is 0 Å². The van der Waals surface area contributed by atoms with Gasteiger partial charge >= 0.3 is 6.61 Å². The third-order valence-electron chi connectivity index (χ3n) is 3.78. The average molecular weight is 348 g/mol. The lowest BCUT2D eigenvalue weighted by Gasteiger charge is -2.14. The second-order valence-corrected chi connectivity index (χ2v) is 5.45. The van der Waals surface area contributed by atoms with Crippen LogP contribution in [0.5, 0.6) is 11.5 Å². The number of ether oxygens (including phenoxy) is 2. The van der Waals surface area contributed by atoms with Gasteiger partial charge < -0.3 is 14.8 Å². The van der Waals surface area contributed by atoms with Gasteiger partial charge in [0.2, 0.25) is 0 Å². The number of alkyl halides is 2. The Labute approximate surface area is 143 Å². The lowest BCUT2D eigenvalue weighted by Crippen LogP contribution is -2.20. The van der Waals surface area contributed by atoms with Gasteiger partial charge in [0.1, 0.15) is 0 Å². The highest BCUT2D eigenvalue weighted by atomic mass is 19.3. The number of pyridine rings is 1. The maximum absolute atomic E-state index is 12.5. The van der Waals surface area contributed by atoms with Gasteiger partial charge in [0.25, 0.3) is 0 Å². The molecule has 0 saturated carbocycles. The third-order valence-corrected chi connectivity index (χ3v) is 3.78. The van der Waals surface area contributed by atoms with E-state index in [1.165, 1.54) is 13.2 Å². The van der Waals surface area contributed by atoms with Gasteiger partial charge in [0, 0.05) is 12.7 Å². The van der Waals surface area contributed by atoms with Crippen LogP contribution in [0.25, 0.3) is 5.65 Å². The molecule has 0 aliphatic carbocycles. The van der Waals surface area contributed by atoms with Crippen LogP contribution >= 0.6 is 0 Å². The Morgan fingerprint density at radius 3 is 2.76 bits per heavy atom. The van der Waals surface area contributed by atoms with Crippen LogP contribution in [-0.4, -0.2) is 28.3 Å². The number of halogens is 2. The molecule has 0 amide bonds. The first-order valence-electron chi connectivity index (χ1n) is 7.73. The second-order valence-electron chi connectivity index (χ2n) is 5.45. The van der Waals surface area contributed by atoms with Gasteiger partial charge in [-0.2, -0.15) is 8.78 Å². The molecule has 0 radical (unpaired) electrons. The largest absolute Gasteiger partial charge is 0.493 e. The highest BCUT2D eigenvalue weighted by Crippen LogP contribution is 2.29. The van der Waals surface area contributed by atoms with Gasteiger partial charge in [-0.15, -0.1) is 10.2 Å². The monoisotopic (exact) mass is 348 g/mol. The molecular weight excluding hydrogens is 330 g/mol. The van der Waals surface area contributed by atoms with Gasteiger partial charge in [0.05, 0.1) is 13.2 Å². The van der Waals surface area contributed by atoms with Crippen molar-refractivity contribution in [2.45, 2.75) is 26.1 Å². The Bertz CT molecular complexity index is 854. The molecule has 2 heterocycles. The van der Waals surface area contributed by atoms with Crippen molar-refractivity contribution in [2.24, 2.45) is 0 Å². The Hall–Kier alpha value is -2.74. The number of hydrogen-bond acceptors (Lipinski definition) is 5. The van der Waals surface area contributed by atoms with Crippen molar-refractivity contribution in [2.75, 3.05) is 7.11 Å². The summed E-state index contributed by atoms with van der Waals surface area (Å²) in [6, 6.07) is 10.5. The zero-order valence-corrected chi connectivity index (χ0v) is 13.8. The molecule has 0 fully saturated rings. The minimum atomic E-state index is -2.90. The van der Waals surface area contributed by atoms with E-state index in [2.05, 4.69) is 20.3 Å². The quantitative estimate of drug-likeness (QED) is 0.711. The third kappa shape index (κ3) is 3.85. The van der Waals surface area contributed by atoms with E-state index in [-0.39, 0.29) is 17.5 Å². The van der Waals surface area contributed by atoms with Crippen molar-refractivity contribution < 1.29 is 18.3 Å². The molecule has 1 atom stereocenters. The van der Waals surface area contributed by atoms with Gasteiger partial charge in [-0.05, 0) is 36.8 Å². The molecule has 1 aromatic carbocycles. The van der Waals surface area contributed by atoms with Gasteiger partial charge in [-0.3, -0.25) is 4.40 Å². The fraction of sp³-hybridized carbons (Fsp3) is 0.294. The molecule has 0 aliphatic heterocycles. The molecule has 3 rings (SSSR count). The standard InChI is InChI=1S/C17H18F2N4O2/c1-11(16-22-21-15-5-3-4-8-23(15)16)20-10-12-6-7-13(24-2)14(9-12)25-17(18)19/h3-9,11,17,20H,10H2,1-2H3/t11-/m1/s1. The average Bonchev–Trinajstić information content (AvgIpc) is 3.03. The minimum Gasteiger partial charge on any atom is -0.493 e. The first-order valence-corrected chi connectivity index (χ1v) is 7.73. The van der Waals surface area contributed by atoms with E-state index >= 15 is 0 Å². The second kappa shape index (κ2) is 7.43. The summed E-state index contributed by atoms with van der Waals surface area (Å²) in [5.74, 6) is 1.05. The first kappa shape index (κ1) is 17.1. The summed E-state index contributed by atoms with van der Waals surface area (Å²) in [5, 5.41) is 11.6. The first-order chi connectivity index (χ1) is 12.1. The van der Waals surface area contributed by atoms with E-state index in [4.69, 9.17) is 4.74 Å². The highest BCUT2D eigenvalue weighted by molar-refractivity contribution is 5.43. The summed E-state index contributed by atoms with van der Waals surface area (Å²) in [6.07, 6.45) is 1.89. The van der Waals surface area contributed by atoms with Crippen LogP contribution in [0, 0.1) is 0 Å². The molecule has 0 bridgehead atoms. The van der Waals surface area contributed by atoms with E-state index < -0.39 is 6.61 Å². The zero-order chi connectivity index (χ0) is 17.8. The van der Waals surface area contributed by atoms with Crippen molar-refractivity contribution >= 4 is 5.65 Å². The zero-order valence-electron chi connectivity index (χ0n) is 13.8. The van der Waals surface area contributed by atoms with Gasteiger partial charge in [-0.25, -0.2) is 0 Å². The fourth-order valence-corrected chi connectivity index (χ4v) is 2.54. The molecule has 25 heavy (non-hydrogen) atoms. The number of aromatic nitrogens is 3. The molecule has 0 spiro atoms. The number of methoxy groups -OCH3 is 1. The SMILES string of the molecule is COc1ccc(CN[C@H](C)c2nnc3ccccn23)cc1OC(F)F. The van der Waals surface area contributed by atoms with Crippen molar-refractivity contribution in [3.8, 4) is 11.5 Å². The van der Waals surface area contributed by atoms with E-state index in [0.29, 0.717) is 6.54 Å². The number of hydrogen-bond donors (Lipinski definition) is 1. The number of rotatable bonds is 7. The van der Waals surface area contributed by atoms with E-state index in [0.717, 1.165) is 17.0 Å². The highest BCUT2D eigenvalue weighted by Gasteiger charge is 2.14. The van der Waals surface area contributed by atoms with Crippen LogP contribution in [0.3, 0.4) is 0 Å². The molecule has 8 heteroatoms. The number of nitrogens with one attached hydrogen (secondary N) is 1. The van der Waals surface area contributed by atoms with E-state index in [1.807, 2.05) is 35.7 Å². The van der Waals surface area contributed by atoms with Gasteiger partial charge in [0.15, 0.2) is 23.0 Å². The number of benzene rings is 1. The Balaban J connectivity index is 1.72. The number of fused-ring (bicyclic) bond motifs is 1. The van der Waals surface area contributed by atoms with Gasteiger partial charge in [-0.1, -0.05) is 12.1 Å². The Kier molecular flexibility index (Phi) is 5.08. The van der Waals surface area contributed by atoms with Crippen LogP contribution < -0.4 is 14.8 Å². The molecule has 1 N–H and O–H groups in total. The van der Waals surface area contributed by atoms with Crippen molar-refractivity contribution in [1.82, 2.24) is 19.9 Å². The van der Waals surface area contributed by atoms with Crippen molar-refractivity contribution in [3.63, 3.8) is 0 Å². The number of nitrogens with zero attached hydrogens (tertiary/aromatic N) is 3. The smallest absolute Gasteiger partial charge is 0.387 e. The summed E-state index contributed by atoms with van der Waals surface area (Å²) in [4.78, 5) is 0. The summed E-state index contributed by atoms with van der Waals surface area (Å²) in [7, 11) is 1.41. The molecule has 0 unspecified atom stereocenters. The topological polar surface area (TPSA) is 60.7 Å². The van der Waals surface area contributed by atoms with Crippen LogP contribution in [0.4, 0.5) is 8.78 Å². The van der Waals surface area contributed by atoms with Crippen LogP contribution in [0.15, 0.2) is 42.6 Å². The van der Waals surface area contributed by atoms with Crippen molar-refractivity contribution in [3.05, 3.63) is 54.0 Å². The molecule has 132 valence electrons. The Morgan fingerprint density at radius 2 is 2.00 bits per heavy atom. The van der Waals surface area contributed by atoms with Crippen LogP contribution in [0.1, 0.15) is 24.4 Å². The lowest BCUT2D eigenvalue weighted by atomic mass is 10.2. The maximum Gasteiger partial charge on any atom is 0.387 e. The molecule has 0 saturated heterocycles. The van der Waals surface area contributed by atoms with Crippen LogP contribution in [0.2, 0.25) is 0 Å². The molecule has 0 aliphatic rings. The van der Waals surface area contributed by atoms with E-state index in [1.54, 1.807) is 12.1 Å². The maximum atomic E-state index is 12.5. The summed E-state index contributed by atoms with van der Waals surface area (Å²) >= 11 is 0. The van der Waals surface area contributed by atoms with Crippen LogP contribution in [-0.2, 0) is 6.54 Å². The predicted octanol–water partition coefficient (Wildman–Crippen LogP) is 3.19. The Morgan fingerprint density at radius 1 is 1.16 bits per heavy atom. The molecular formula is C17H18F2N4O2.